The molecule has 1 aliphatic heterocycles. The third-order valence-corrected chi connectivity index (χ3v) is 4.38. The monoisotopic (exact) mass is 323 g/mol. The number of rotatable bonds is 4. The SMILES string of the molecule is Cc1cc([C@@H]2CCCN2C(=O)CCc2c(C)noc2Cl)no1. The molecule has 0 unspecified atom stereocenters. The van der Waals surface area contributed by atoms with Crippen molar-refractivity contribution in [3.63, 3.8) is 0 Å². The molecule has 0 saturated carbocycles. The van der Waals surface area contributed by atoms with Crippen LogP contribution in [0.25, 0.3) is 0 Å². The number of hydrogen-bond donors (Lipinski definition) is 0. The zero-order chi connectivity index (χ0) is 15.7. The van der Waals surface area contributed by atoms with E-state index in [0.717, 1.165) is 42.1 Å². The molecule has 7 heteroatoms. The molecule has 1 fully saturated rings. The van der Waals surface area contributed by atoms with Crippen molar-refractivity contribution in [1.29, 1.82) is 0 Å². The summed E-state index contributed by atoms with van der Waals surface area (Å²) >= 11 is 5.94. The lowest BCUT2D eigenvalue weighted by molar-refractivity contribution is -0.132. The highest BCUT2D eigenvalue weighted by atomic mass is 35.5. The van der Waals surface area contributed by atoms with E-state index in [1.165, 1.54) is 0 Å². The molecule has 0 aliphatic carbocycles. The summed E-state index contributed by atoms with van der Waals surface area (Å²) in [5.41, 5.74) is 2.38. The van der Waals surface area contributed by atoms with Crippen LogP contribution in [0.3, 0.4) is 0 Å². The number of aromatic nitrogens is 2. The Labute approximate surface area is 133 Å². The smallest absolute Gasteiger partial charge is 0.229 e. The maximum Gasteiger partial charge on any atom is 0.229 e. The Kier molecular flexibility index (Phi) is 4.20. The van der Waals surface area contributed by atoms with Crippen LogP contribution in [0.2, 0.25) is 5.22 Å². The van der Waals surface area contributed by atoms with Crippen LogP contribution in [0.4, 0.5) is 0 Å². The van der Waals surface area contributed by atoms with Gasteiger partial charge in [-0.25, -0.2) is 0 Å². The highest BCUT2D eigenvalue weighted by Gasteiger charge is 2.32. The second kappa shape index (κ2) is 6.12. The number of hydrogen-bond acceptors (Lipinski definition) is 5. The molecule has 0 radical (unpaired) electrons. The first kappa shape index (κ1) is 15.1. The molecule has 22 heavy (non-hydrogen) atoms. The minimum absolute atomic E-state index is 0.0176. The predicted octanol–water partition coefficient (Wildman–Crippen LogP) is 3.23. The number of likely N-dealkylation sites (tertiary alicyclic amines) is 1. The first-order chi connectivity index (χ1) is 10.6. The van der Waals surface area contributed by atoms with Gasteiger partial charge in [0.25, 0.3) is 0 Å². The van der Waals surface area contributed by atoms with Crippen LogP contribution in [-0.4, -0.2) is 27.7 Å². The Morgan fingerprint density at radius 3 is 2.86 bits per heavy atom. The number of carbonyl (C=O) groups is 1. The van der Waals surface area contributed by atoms with Gasteiger partial charge in [-0.05, 0) is 44.7 Å². The molecule has 0 bridgehead atoms. The quantitative estimate of drug-likeness (QED) is 0.863. The Hall–Kier alpha value is -1.82. The molecule has 1 atom stereocenters. The van der Waals surface area contributed by atoms with Gasteiger partial charge in [0, 0.05) is 24.6 Å². The second-order valence-corrected chi connectivity index (χ2v) is 5.97. The number of carbonyl (C=O) groups excluding carboxylic acids is 1. The van der Waals surface area contributed by atoms with E-state index in [0.29, 0.717) is 12.8 Å². The summed E-state index contributed by atoms with van der Waals surface area (Å²) in [6, 6.07) is 1.92. The minimum Gasteiger partial charge on any atom is -0.361 e. The number of halogens is 1. The van der Waals surface area contributed by atoms with Crippen molar-refractivity contribution in [2.45, 2.75) is 45.6 Å². The molecule has 2 aromatic rings. The van der Waals surface area contributed by atoms with Crippen LogP contribution >= 0.6 is 11.6 Å². The molecule has 2 aromatic heterocycles. The lowest BCUT2D eigenvalue weighted by Gasteiger charge is -2.23. The molecule has 3 rings (SSSR count). The van der Waals surface area contributed by atoms with Crippen molar-refractivity contribution in [2.24, 2.45) is 0 Å². The molecule has 118 valence electrons. The van der Waals surface area contributed by atoms with Gasteiger partial charge in [-0.3, -0.25) is 4.79 Å². The molecule has 1 saturated heterocycles. The van der Waals surface area contributed by atoms with E-state index in [2.05, 4.69) is 10.3 Å². The van der Waals surface area contributed by atoms with Crippen molar-refractivity contribution >= 4 is 17.5 Å². The van der Waals surface area contributed by atoms with Crippen molar-refractivity contribution in [1.82, 2.24) is 15.2 Å². The largest absolute Gasteiger partial charge is 0.361 e. The fraction of sp³-hybridized carbons (Fsp3) is 0.533. The number of nitrogens with zero attached hydrogens (tertiary/aromatic N) is 3. The standard InChI is InChI=1S/C15H18ClN3O3/c1-9-8-12(18-21-9)13-4-3-7-19(13)14(20)6-5-11-10(2)17-22-15(11)16/h8,13H,3-7H2,1-2H3/t13-/m0/s1. The Balaban J connectivity index is 1.66. The minimum atomic E-state index is 0.0176. The third-order valence-electron chi connectivity index (χ3n) is 4.09. The van der Waals surface area contributed by atoms with Gasteiger partial charge in [-0.2, -0.15) is 0 Å². The van der Waals surface area contributed by atoms with Gasteiger partial charge in [0.05, 0.1) is 11.7 Å². The average Bonchev–Trinajstić information content (AvgIpc) is 3.18. The molecular formula is C15H18ClN3O3. The van der Waals surface area contributed by atoms with Gasteiger partial charge >= 0.3 is 0 Å². The maximum absolute atomic E-state index is 12.5. The fourth-order valence-corrected chi connectivity index (χ4v) is 3.20. The third kappa shape index (κ3) is 2.88. The van der Waals surface area contributed by atoms with E-state index >= 15 is 0 Å². The average molecular weight is 324 g/mol. The Morgan fingerprint density at radius 1 is 1.41 bits per heavy atom. The van der Waals surface area contributed by atoms with E-state index in [-0.39, 0.29) is 17.2 Å². The van der Waals surface area contributed by atoms with Crippen molar-refractivity contribution in [2.75, 3.05) is 6.54 Å². The summed E-state index contributed by atoms with van der Waals surface area (Å²) in [4.78, 5) is 14.4. The Morgan fingerprint density at radius 2 is 2.23 bits per heavy atom. The highest BCUT2D eigenvalue weighted by Crippen LogP contribution is 2.32. The van der Waals surface area contributed by atoms with Crippen molar-refractivity contribution < 1.29 is 13.8 Å². The van der Waals surface area contributed by atoms with E-state index in [4.69, 9.17) is 20.6 Å². The van der Waals surface area contributed by atoms with Crippen LogP contribution in [0.5, 0.6) is 0 Å². The first-order valence-corrected chi connectivity index (χ1v) is 7.77. The van der Waals surface area contributed by atoms with Crippen LogP contribution in [0.15, 0.2) is 15.1 Å². The van der Waals surface area contributed by atoms with E-state index in [1.807, 2.05) is 24.8 Å². The lowest BCUT2D eigenvalue weighted by Crippen LogP contribution is -2.30. The van der Waals surface area contributed by atoms with Gasteiger partial charge < -0.3 is 13.9 Å². The fourth-order valence-electron chi connectivity index (χ4n) is 2.93. The van der Waals surface area contributed by atoms with Gasteiger partial charge in [0.2, 0.25) is 11.1 Å². The Bertz CT molecular complexity index is 660. The molecule has 0 spiro atoms. The van der Waals surface area contributed by atoms with E-state index in [1.54, 1.807) is 0 Å². The first-order valence-electron chi connectivity index (χ1n) is 7.39. The molecule has 6 nitrogen and oxygen atoms in total. The zero-order valence-corrected chi connectivity index (χ0v) is 13.4. The van der Waals surface area contributed by atoms with Gasteiger partial charge in [-0.15, -0.1) is 0 Å². The number of amides is 1. The maximum atomic E-state index is 12.5. The summed E-state index contributed by atoms with van der Waals surface area (Å²) in [5, 5.41) is 8.13. The van der Waals surface area contributed by atoms with Crippen LogP contribution < -0.4 is 0 Å². The molecule has 3 heterocycles. The molecule has 0 N–H and O–H groups in total. The molecular weight excluding hydrogens is 306 g/mol. The van der Waals surface area contributed by atoms with Gasteiger partial charge in [0.15, 0.2) is 0 Å². The van der Waals surface area contributed by atoms with Crippen LogP contribution in [-0.2, 0) is 11.2 Å². The van der Waals surface area contributed by atoms with Crippen LogP contribution in [0, 0.1) is 13.8 Å². The van der Waals surface area contributed by atoms with E-state index in [9.17, 15) is 4.79 Å². The zero-order valence-electron chi connectivity index (χ0n) is 12.6. The molecule has 1 aliphatic rings. The summed E-state index contributed by atoms with van der Waals surface area (Å²) in [6.07, 6.45) is 2.82. The van der Waals surface area contributed by atoms with E-state index < -0.39 is 0 Å². The summed E-state index contributed by atoms with van der Waals surface area (Å²) in [5.74, 6) is 0.862. The summed E-state index contributed by atoms with van der Waals surface area (Å²) in [7, 11) is 0. The summed E-state index contributed by atoms with van der Waals surface area (Å²) in [6.45, 7) is 4.44. The highest BCUT2D eigenvalue weighted by molar-refractivity contribution is 6.29. The summed E-state index contributed by atoms with van der Waals surface area (Å²) < 4.78 is 10.0. The number of aryl methyl sites for hydroxylation is 2. The predicted molar refractivity (Wildman–Crippen MR) is 79.5 cm³/mol. The van der Waals surface area contributed by atoms with Gasteiger partial charge in [-0.1, -0.05) is 10.3 Å². The second-order valence-electron chi connectivity index (χ2n) is 5.63. The normalized spacial score (nSPS) is 18.1. The van der Waals surface area contributed by atoms with Gasteiger partial charge in [0.1, 0.15) is 11.5 Å². The molecule has 0 aromatic carbocycles. The van der Waals surface area contributed by atoms with Crippen LogP contribution in [0.1, 0.15) is 48.0 Å². The lowest BCUT2D eigenvalue weighted by atomic mass is 10.1. The van der Waals surface area contributed by atoms with Crippen molar-refractivity contribution in [3.8, 4) is 0 Å². The topological polar surface area (TPSA) is 72.4 Å². The van der Waals surface area contributed by atoms with Crippen molar-refractivity contribution in [3.05, 3.63) is 34.0 Å². The molecule has 1 amide bonds.